The van der Waals surface area contributed by atoms with Crippen LogP contribution in [0.4, 0.5) is 13.9 Å². The Kier molecular flexibility index (Phi) is 7.00. The van der Waals surface area contributed by atoms with Gasteiger partial charge in [-0.3, -0.25) is 9.59 Å². The molecule has 0 atom stereocenters. The molecule has 1 fully saturated rings. The van der Waals surface area contributed by atoms with E-state index in [1.165, 1.54) is 34.1 Å². The largest absolute Gasteiger partial charge is 0.467 e. The Bertz CT molecular complexity index is 1080. The SMILES string of the molecule is O=C(CSc1nnc(N2CCN(C(=O)c3ccc(F)cc3F)CC2)s1)NCc1ccco1. The molecule has 8 nitrogen and oxygen atoms in total. The number of hydrogen-bond donors (Lipinski definition) is 1. The number of anilines is 1. The van der Waals surface area contributed by atoms with Crippen LogP contribution in [-0.2, 0) is 11.3 Å². The summed E-state index contributed by atoms with van der Waals surface area (Å²) in [4.78, 5) is 28.0. The molecule has 0 aliphatic carbocycles. The smallest absolute Gasteiger partial charge is 0.256 e. The Labute approximate surface area is 190 Å². The summed E-state index contributed by atoms with van der Waals surface area (Å²) in [5, 5.41) is 11.8. The van der Waals surface area contributed by atoms with E-state index in [1.54, 1.807) is 18.4 Å². The van der Waals surface area contributed by atoms with E-state index in [0.717, 1.165) is 6.07 Å². The van der Waals surface area contributed by atoms with Crippen LogP contribution in [0, 0.1) is 11.6 Å². The van der Waals surface area contributed by atoms with Gasteiger partial charge in [0.1, 0.15) is 17.4 Å². The van der Waals surface area contributed by atoms with Crippen LogP contribution >= 0.6 is 23.1 Å². The van der Waals surface area contributed by atoms with E-state index in [0.29, 0.717) is 54.0 Å². The van der Waals surface area contributed by atoms with E-state index in [-0.39, 0.29) is 17.2 Å². The number of hydrogen-bond acceptors (Lipinski definition) is 8. The van der Waals surface area contributed by atoms with Gasteiger partial charge in [-0.05, 0) is 24.3 Å². The zero-order valence-corrected chi connectivity index (χ0v) is 18.4. The van der Waals surface area contributed by atoms with Gasteiger partial charge in [-0.25, -0.2) is 8.78 Å². The molecule has 1 saturated heterocycles. The van der Waals surface area contributed by atoms with Gasteiger partial charge >= 0.3 is 0 Å². The van der Waals surface area contributed by atoms with Crippen LogP contribution in [0.3, 0.4) is 0 Å². The van der Waals surface area contributed by atoms with E-state index in [4.69, 9.17) is 4.42 Å². The number of thioether (sulfide) groups is 1. The number of amides is 2. The molecule has 3 aromatic rings. The molecule has 4 rings (SSSR count). The van der Waals surface area contributed by atoms with Crippen molar-refractivity contribution in [3.8, 4) is 0 Å². The van der Waals surface area contributed by atoms with Crippen LogP contribution in [-0.4, -0.2) is 58.8 Å². The molecule has 1 aromatic carbocycles. The summed E-state index contributed by atoms with van der Waals surface area (Å²) in [6.07, 6.45) is 1.55. The van der Waals surface area contributed by atoms with Crippen molar-refractivity contribution in [1.82, 2.24) is 20.4 Å². The van der Waals surface area contributed by atoms with Gasteiger partial charge in [0.05, 0.1) is 24.1 Å². The summed E-state index contributed by atoms with van der Waals surface area (Å²) < 4.78 is 32.8. The Morgan fingerprint density at radius 3 is 2.69 bits per heavy atom. The monoisotopic (exact) mass is 479 g/mol. The van der Waals surface area contributed by atoms with Crippen LogP contribution in [0.5, 0.6) is 0 Å². The van der Waals surface area contributed by atoms with Crippen molar-refractivity contribution in [3.05, 3.63) is 59.6 Å². The second-order valence-corrected chi connectivity index (χ2v) is 9.08. The summed E-state index contributed by atoms with van der Waals surface area (Å²) >= 11 is 2.67. The lowest BCUT2D eigenvalue weighted by molar-refractivity contribution is -0.118. The minimum Gasteiger partial charge on any atom is -0.467 e. The normalized spacial score (nSPS) is 13.9. The van der Waals surface area contributed by atoms with E-state index in [9.17, 15) is 18.4 Å². The van der Waals surface area contributed by atoms with Crippen LogP contribution in [0.1, 0.15) is 16.1 Å². The highest BCUT2D eigenvalue weighted by Gasteiger charge is 2.26. The first kappa shape index (κ1) is 22.2. The highest BCUT2D eigenvalue weighted by Crippen LogP contribution is 2.28. The minimum absolute atomic E-state index is 0.136. The predicted octanol–water partition coefficient (Wildman–Crippen LogP) is 2.78. The molecule has 168 valence electrons. The average molecular weight is 480 g/mol. The van der Waals surface area contributed by atoms with Crippen molar-refractivity contribution in [1.29, 1.82) is 0 Å². The number of rotatable bonds is 7. The fourth-order valence-electron chi connectivity index (χ4n) is 3.10. The number of furan rings is 1. The summed E-state index contributed by atoms with van der Waals surface area (Å²) in [5.74, 6) is -1.29. The van der Waals surface area contributed by atoms with Crippen molar-refractivity contribution in [2.45, 2.75) is 10.9 Å². The molecule has 0 radical (unpaired) electrons. The molecular formula is C20H19F2N5O3S2. The number of carbonyl (C=O) groups is 2. The Morgan fingerprint density at radius 2 is 1.97 bits per heavy atom. The molecular weight excluding hydrogens is 460 g/mol. The van der Waals surface area contributed by atoms with Gasteiger partial charge in [0.2, 0.25) is 11.0 Å². The number of nitrogens with one attached hydrogen (secondary N) is 1. The highest BCUT2D eigenvalue weighted by atomic mass is 32.2. The van der Waals surface area contributed by atoms with Gasteiger partial charge in [0.25, 0.3) is 5.91 Å². The third-order valence-corrected chi connectivity index (χ3v) is 6.88. The molecule has 2 aromatic heterocycles. The molecule has 0 unspecified atom stereocenters. The Balaban J connectivity index is 1.24. The van der Waals surface area contributed by atoms with Crippen LogP contribution in [0.25, 0.3) is 0 Å². The summed E-state index contributed by atoms with van der Waals surface area (Å²) in [6, 6.07) is 6.49. The quantitative estimate of drug-likeness (QED) is 0.521. The average Bonchev–Trinajstić information content (AvgIpc) is 3.48. The third-order valence-electron chi connectivity index (χ3n) is 4.76. The van der Waals surface area contributed by atoms with E-state index in [2.05, 4.69) is 15.5 Å². The first-order valence-corrected chi connectivity index (χ1v) is 11.5. The van der Waals surface area contributed by atoms with Crippen molar-refractivity contribution in [2.75, 3.05) is 36.8 Å². The molecule has 1 aliphatic rings. The predicted molar refractivity (Wildman–Crippen MR) is 116 cm³/mol. The summed E-state index contributed by atoms with van der Waals surface area (Å²) in [6.45, 7) is 2.12. The fraction of sp³-hybridized carbons (Fsp3) is 0.300. The van der Waals surface area contributed by atoms with E-state index in [1.807, 2.05) is 4.90 Å². The van der Waals surface area contributed by atoms with Gasteiger partial charge in [-0.2, -0.15) is 0 Å². The standard InChI is InChI=1S/C20H19F2N5O3S2/c21-13-3-4-15(16(22)10-13)18(29)26-5-7-27(8-6-26)19-24-25-20(32-19)31-12-17(28)23-11-14-2-1-9-30-14/h1-4,9-10H,5-8,11-12H2,(H,23,28). The van der Waals surface area contributed by atoms with E-state index >= 15 is 0 Å². The maximum absolute atomic E-state index is 13.9. The molecule has 3 heterocycles. The first-order chi connectivity index (χ1) is 15.5. The second kappa shape index (κ2) is 10.1. The zero-order valence-electron chi connectivity index (χ0n) is 16.8. The molecule has 0 spiro atoms. The topological polar surface area (TPSA) is 91.6 Å². The maximum atomic E-state index is 13.9. The molecule has 12 heteroatoms. The second-order valence-electron chi connectivity index (χ2n) is 6.90. The molecule has 1 aliphatic heterocycles. The first-order valence-electron chi connectivity index (χ1n) is 9.74. The minimum atomic E-state index is -0.864. The molecule has 0 saturated carbocycles. The molecule has 1 N–H and O–H groups in total. The highest BCUT2D eigenvalue weighted by molar-refractivity contribution is 8.01. The Hall–Kier alpha value is -2.99. The summed E-state index contributed by atoms with van der Waals surface area (Å²) in [7, 11) is 0. The zero-order chi connectivity index (χ0) is 22.5. The lowest BCUT2D eigenvalue weighted by Crippen LogP contribution is -2.49. The van der Waals surface area contributed by atoms with E-state index < -0.39 is 17.5 Å². The lowest BCUT2D eigenvalue weighted by atomic mass is 10.1. The number of nitrogens with zero attached hydrogens (tertiary/aromatic N) is 4. The van der Waals surface area contributed by atoms with Crippen molar-refractivity contribution in [2.24, 2.45) is 0 Å². The van der Waals surface area contributed by atoms with Crippen LogP contribution < -0.4 is 10.2 Å². The van der Waals surface area contributed by atoms with Crippen molar-refractivity contribution in [3.63, 3.8) is 0 Å². The van der Waals surface area contributed by atoms with Crippen LogP contribution in [0.2, 0.25) is 0 Å². The number of piperazine rings is 1. The third kappa shape index (κ3) is 5.43. The Morgan fingerprint density at radius 1 is 1.16 bits per heavy atom. The van der Waals surface area contributed by atoms with Gasteiger partial charge < -0.3 is 19.5 Å². The number of carbonyl (C=O) groups excluding carboxylic acids is 2. The molecule has 0 bridgehead atoms. The van der Waals surface area contributed by atoms with Crippen LogP contribution in [0.15, 0.2) is 45.4 Å². The number of benzene rings is 1. The number of halogens is 2. The maximum Gasteiger partial charge on any atom is 0.256 e. The van der Waals surface area contributed by atoms with Gasteiger partial charge in [0.15, 0.2) is 4.34 Å². The lowest BCUT2D eigenvalue weighted by Gasteiger charge is -2.34. The molecule has 32 heavy (non-hydrogen) atoms. The fourth-order valence-corrected chi connectivity index (χ4v) is 4.82. The molecule has 2 amide bonds. The van der Waals surface area contributed by atoms with Gasteiger partial charge in [-0.1, -0.05) is 23.1 Å². The van der Waals surface area contributed by atoms with Gasteiger partial charge in [0, 0.05) is 32.2 Å². The summed E-state index contributed by atoms with van der Waals surface area (Å²) in [5.41, 5.74) is -0.139. The van der Waals surface area contributed by atoms with Crippen molar-refractivity contribution >= 4 is 40.0 Å². The number of aromatic nitrogens is 2. The van der Waals surface area contributed by atoms with Crippen molar-refractivity contribution < 1.29 is 22.8 Å². The van der Waals surface area contributed by atoms with Gasteiger partial charge in [-0.15, -0.1) is 10.2 Å².